The Morgan fingerprint density at radius 3 is 2.68 bits per heavy atom. The van der Waals surface area contributed by atoms with Crippen molar-refractivity contribution in [3.63, 3.8) is 0 Å². The lowest BCUT2D eigenvalue weighted by Gasteiger charge is -2.24. The summed E-state index contributed by atoms with van der Waals surface area (Å²) in [5.74, 6) is -0.550. The van der Waals surface area contributed by atoms with Crippen molar-refractivity contribution >= 4 is 24.3 Å². The highest BCUT2D eigenvalue weighted by Crippen LogP contribution is 2.11. The van der Waals surface area contributed by atoms with E-state index in [0.29, 0.717) is 13.0 Å². The van der Waals surface area contributed by atoms with Crippen molar-refractivity contribution in [2.75, 3.05) is 20.2 Å². The Morgan fingerprint density at radius 1 is 1.36 bits per heavy atom. The normalized spacial score (nSPS) is 18.7. The number of rotatable bonds is 5. The average Bonchev–Trinajstić information content (AvgIpc) is 2.55. The molecule has 22 heavy (non-hydrogen) atoms. The molecule has 1 aromatic carbocycles. The summed E-state index contributed by atoms with van der Waals surface area (Å²) in [4.78, 5) is 24.1. The van der Waals surface area contributed by atoms with E-state index in [9.17, 15) is 9.59 Å². The van der Waals surface area contributed by atoms with Crippen LogP contribution in [0.15, 0.2) is 30.3 Å². The van der Waals surface area contributed by atoms with Crippen LogP contribution in [0.1, 0.15) is 18.4 Å². The van der Waals surface area contributed by atoms with Gasteiger partial charge in [0, 0.05) is 13.0 Å². The fraction of sp³-hybridized carbons (Fsp3) is 0.500. The van der Waals surface area contributed by atoms with Gasteiger partial charge in [-0.1, -0.05) is 30.3 Å². The first-order valence-corrected chi connectivity index (χ1v) is 7.33. The number of hydrogen-bond acceptors (Lipinski definition) is 4. The molecule has 2 unspecified atom stereocenters. The van der Waals surface area contributed by atoms with Gasteiger partial charge in [0.05, 0.1) is 13.0 Å². The fourth-order valence-corrected chi connectivity index (χ4v) is 2.55. The van der Waals surface area contributed by atoms with Gasteiger partial charge in [-0.2, -0.15) is 0 Å². The Balaban J connectivity index is 0.00000242. The van der Waals surface area contributed by atoms with Crippen molar-refractivity contribution < 1.29 is 14.3 Å². The summed E-state index contributed by atoms with van der Waals surface area (Å²) in [6, 6.07) is 8.98. The second kappa shape index (κ2) is 9.43. The zero-order valence-electron chi connectivity index (χ0n) is 12.7. The van der Waals surface area contributed by atoms with E-state index in [4.69, 9.17) is 4.74 Å². The highest BCUT2D eigenvalue weighted by molar-refractivity contribution is 5.86. The molecular weight excluding hydrogens is 304 g/mol. The molecular formula is C16H23ClN2O3. The molecule has 0 aliphatic carbocycles. The molecule has 1 aliphatic heterocycles. The molecule has 122 valence electrons. The molecule has 0 aromatic heterocycles. The number of ether oxygens (including phenoxy) is 1. The highest BCUT2D eigenvalue weighted by atomic mass is 35.5. The largest absolute Gasteiger partial charge is 0.467 e. The second-order valence-electron chi connectivity index (χ2n) is 5.32. The summed E-state index contributed by atoms with van der Waals surface area (Å²) >= 11 is 0. The minimum Gasteiger partial charge on any atom is -0.467 e. The number of halogens is 1. The van der Waals surface area contributed by atoms with Gasteiger partial charge in [-0.3, -0.25) is 4.79 Å². The lowest BCUT2D eigenvalue weighted by molar-refractivity contribution is -0.145. The molecule has 1 aromatic rings. The number of methoxy groups -OCH3 is 1. The lowest BCUT2D eigenvalue weighted by Crippen LogP contribution is -2.48. The zero-order chi connectivity index (χ0) is 15.1. The Bertz CT molecular complexity index is 476. The fourth-order valence-electron chi connectivity index (χ4n) is 2.55. The van der Waals surface area contributed by atoms with Crippen molar-refractivity contribution in [2.24, 2.45) is 5.92 Å². The van der Waals surface area contributed by atoms with Gasteiger partial charge in [-0.25, -0.2) is 4.79 Å². The quantitative estimate of drug-likeness (QED) is 0.801. The number of carbonyl (C=O) groups excluding carboxylic acids is 2. The monoisotopic (exact) mass is 326 g/mol. The Morgan fingerprint density at radius 2 is 2.09 bits per heavy atom. The standard InChI is InChI=1S/C16H22N2O3.ClH/c1-21-16(20)14(10-12-6-3-2-4-7-12)18-15(19)13-8-5-9-17-11-13;/h2-4,6-7,13-14,17H,5,8-11H2,1H3,(H,18,19);1H. The molecule has 0 radical (unpaired) electrons. The van der Waals surface area contributed by atoms with Crippen molar-refractivity contribution in [3.05, 3.63) is 35.9 Å². The Hall–Kier alpha value is -1.59. The first-order valence-electron chi connectivity index (χ1n) is 7.33. The van der Waals surface area contributed by atoms with E-state index in [1.54, 1.807) is 0 Å². The van der Waals surface area contributed by atoms with Crippen LogP contribution >= 0.6 is 12.4 Å². The van der Waals surface area contributed by atoms with Gasteiger partial charge in [-0.05, 0) is 24.9 Å². The minimum absolute atomic E-state index is 0. The summed E-state index contributed by atoms with van der Waals surface area (Å²) < 4.78 is 4.80. The van der Waals surface area contributed by atoms with Crippen LogP contribution in [0.4, 0.5) is 0 Å². The van der Waals surface area contributed by atoms with Crippen LogP contribution in [0.25, 0.3) is 0 Å². The van der Waals surface area contributed by atoms with Gasteiger partial charge >= 0.3 is 5.97 Å². The van der Waals surface area contributed by atoms with Crippen LogP contribution in [0.2, 0.25) is 0 Å². The average molecular weight is 327 g/mol. The Kier molecular flexibility index (Phi) is 7.91. The van der Waals surface area contributed by atoms with E-state index < -0.39 is 12.0 Å². The van der Waals surface area contributed by atoms with E-state index in [2.05, 4.69) is 10.6 Å². The van der Waals surface area contributed by atoms with Crippen LogP contribution in [0, 0.1) is 5.92 Å². The van der Waals surface area contributed by atoms with Crippen molar-refractivity contribution in [3.8, 4) is 0 Å². The smallest absolute Gasteiger partial charge is 0.328 e. The number of carbonyl (C=O) groups is 2. The van der Waals surface area contributed by atoms with Crippen LogP contribution in [-0.4, -0.2) is 38.1 Å². The van der Waals surface area contributed by atoms with Crippen LogP contribution < -0.4 is 10.6 Å². The van der Waals surface area contributed by atoms with Gasteiger partial charge < -0.3 is 15.4 Å². The molecule has 1 heterocycles. The third-order valence-corrected chi connectivity index (χ3v) is 3.75. The number of benzene rings is 1. The molecule has 1 saturated heterocycles. The maximum atomic E-state index is 12.3. The van der Waals surface area contributed by atoms with Crippen molar-refractivity contribution in [2.45, 2.75) is 25.3 Å². The molecule has 6 heteroatoms. The van der Waals surface area contributed by atoms with Crippen LogP contribution in [0.3, 0.4) is 0 Å². The minimum atomic E-state index is -0.633. The van der Waals surface area contributed by atoms with Crippen molar-refractivity contribution in [1.29, 1.82) is 0 Å². The summed E-state index contributed by atoms with van der Waals surface area (Å²) in [6.45, 7) is 1.62. The van der Waals surface area contributed by atoms with Crippen LogP contribution in [0.5, 0.6) is 0 Å². The first-order chi connectivity index (χ1) is 10.2. The summed E-state index contributed by atoms with van der Waals surface area (Å²) in [6.07, 6.45) is 2.29. The third-order valence-electron chi connectivity index (χ3n) is 3.75. The summed E-state index contributed by atoms with van der Waals surface area (Å²) in [7, 11) is 1.34. The van der Waals surface area contributed by atoms with Crippen molar-refractivity contribution in [1.82, 2.24) is 10.6 Å². The number of amides is 1. The molecule has 0 bridgehead atoms. The van der Waals surface area contributed by atoms with E-state index in [1.807, 2.05) is 30.3 Å². The van der Waals surface area contributed by atoms with Gasteiger partial charge in [0.15, 0.2) is 0 Å². The lowest BCUT2D eigenvalue weighted by atomic mass is 9.97. The first kappa shape index (κ1) is 18.5. The van der Waals surface area contributed by atoms with Gasteiger partial charge in [0.25, 0.3) is 0 Å². The number of nitrogens with one attached hydrogen (secondary N) is 2. The predicted octanol–water partition coefficient (Wildman–Crippen LogP) is 1.31. The number of piperidine rings is 1. The van der Waals surface area contributed by atoms with Gasteiger partial charge in [0.1, 0.15) is 6.04 Å². The van der Waals surface area contributed by atoms with Gasteiger partial charge in [0.2, 0.25) is 5.91 Å². The molecule has 0 spiro atoms. The highest BCUT2D eigenvalue weighted by Gasteiger charge is 2.27. The Labute approximate surface area is 137 Å². The summed E-state index contributed by atoms with van der Waals surface area (Å²) in [5, 5.41) is 6.04. The molecule has 2 N–H and O–H groups in total. The predicted molar refractivity (Wildman–Crippen MR) is 86.9 cm³/mol. The second-order valence-corrected chi connectivity index (χ2v) is 5.32. The maximum absolute atomic E-state index is 12.3. The van der Waals surface area contributed by atoms with E-state index in [-0.39, 0.29) is 24.2 Å². The molecule has 5 nitrogen and oxygen atoms in total. The van der Waals surface area contributed by atoms with Gasteiger partial charge in [-0.15, -0.1) is 12.4 Å². The topological polar surface area (TPSA) is 67.4 Å². The maximum Gasteiger partial charge on any atom is 0.328 e. The number of esters is 1. The molecule has 1 amide bonds. The molecule has 1 aliphatic rings. The third kappa shape index (κ3) is 5.31. The summed E-state index contributed by atoms with van der Waals surface area (Å²) in [5.41, 5.74) is 0.995. The SMILES string of the molecule is COC(=O)C(Cc1ccccc1)NC(=O)C1CCCNC1.Cl. The van der Waals surface area contributed by atoms with E-state index >= 15 is 0 Å². The molecule has 2 rings (SSSR count). The number of hydrogen-bond donors (Lipinski definition) is 2. The van der Waals surface area contributed by atoms with E-state index in [0.717, 1.165) is 24.9 Å². The molecule has 2 atom stereocenters. The molecule has 1 fully saturated rings. The zero-order valence-corrected chi connectivity index (χ0v) is 13.5. The van der Waals surface area contributed by atoms with E-state index in [1.165, 1.54) is 7.11 Å². The molecule has 0 saturated carbocycles. The van der Waals surface area contributed by atoms with Crippen LogP contribution in [-0.2, 0) is 20.7 Å².